The maximum atomic E-state index is 6.04. The van der Waals surface area contributed by atoms with E-state index in [0.29, 0.717) is 40.7 Å². The molecule has 21 heavy (non-hydrogen) atoms. The van der Waals surface area contributed by atoms with Gasteiger partial charge in [0.05, 0.1) is 19.2 Å². The van der Waals surface area contributed by atoms with Gasteiger partial charge in [0.2, 0.25) is 0 Å². The molecule has 0 aliphatic carbocycles. The molecule has 2 aromatic heterocycles. The average molecular weight is 307 g/mol. The zero-order valence-electron chi connectivity index (χ0n) is 11.1. The second-order valence-electron chi connectivity index (χ2n) is 4.11. The minimum atomic E-state index is 0.374. The number of methoxy groups -OCH3 is 1. The summed E-state index contributed by atoms with van der Waals surface area (Å²) >= 11 is 6.04. The summed E-state index contributed by atoms with van der Waals surface area (Å²) in [5.41, 5.74) is 0.688. The van der Waals surface area contributed by atoms with Gasteiger partial charge in [-0.25, -0.2) is 14.6 Å². The summed E-state index contributed by atoms with van der Waals surface area (Å²) in [6.07, 6.45) is 2.93. The minimum Gasteiger partial charge on any atom is -0.493 e. The van der Waals surface area contributed by atoms with E-state index in [0.717, 1.165) is 0 Å². The Morgan fingerprint density at radius 3 is 2.90 bits per heavy atom. The first-order chi connectivity index (χ1) is 10.3. The van der Waals surface area contributed by atoms with Crippen LogP contribution in [-0.2, 0) is 6.54 Å². The van der Waals surface area contributed by atoms with Gasteiger partial charge in [-0.15, -0.1) is 5.10 Å². The van der Waals surface area contributed by atoms with Crippen molar-refractivity contribution >= 4 is 22.5 Å². The third kappa shape index (κ3) is 2.84. The molecule has 0 aliphatic rings. The SMILES string of the molecule is COc1cc2c(Cl)ncnc2cc1OCCn1cnnn1. The van der Waals surface area contributed by atoms with Crippen LogP contribution < -0.4 is 9.47 Å². The first-order valence-corrected chi connectivity index (χ1v) is 6.47. The Hall–Kier alpha value is -2.48. The molecule has 0 atom stereocenters. The predicted octanol–water partition coefficient (Wildman–Crippen LogP) is 1.36. The van der Waals surface area contributed by atoms with Gasteiger partial charge in [0.1, 0.15) is 24.4 Å². The molecule has 0 saturated carbocycles. The van der Waals surface area contributed by atoms with Crippen LogP contribution in [-0.4, -0.2) is 43.9 Å². The summed E-state index contributed by atoms with van der Waals surface area (Å²) in [4.78, 5) is 8.11. The van der Waals surface area contributed by atoms with Crippen molar-refractivity contribution in [1.82, 2.24) is 30.2 Å². The van der Waals surface area contributed by atoms with Crippen molar-refractivity contribution in [3.8, 4) is 11.5 Å². The number of rotatable bonds is 5. The van der Waals surface area contributed by atoms with Crippen molar-refractivity contribution in [2.45, 2.75) is 6.54 Å². The normalized spacial score (nSPS) is 10.8. The lowest BCUT2D eigenvalue weighted by molar-refractivity contribution is 0.273. The largest absolute Gasteiger partial charge is 0.493 e. The van der Waals surface area contributed by atoms with Gasteiger partial charge in [0.15, 0.2) is 11.5 Å². The van der Waals surface area contributed by atoms with E-state index in [2.05, 4.69) is 25.5 Å². The zero-order valence-corrected chi connectivity index (χ0v) is 11.9. The molecular formula is C12H11ClN6O2. The first kappa shape index (κ1) is 13.5. The van der Waals surface area contributed by atoms with Crippen LogP contribution in [0.1, 0.15) is 0 Å². The van der Waals surface area contributed by atoms with Crippen molar-refractivity contribution in [2.24, 2.45) is 0 Å². The Kier molecular flexibility index (Phi) is 3.78. The molecule has 3 aromatic rings. The Morgan fingerprint density at radius 1 is 1.24 bits per heavy atom. The summed E-state index contributed by atoms with van der Waals surface area (Å²) in [5.74, 6) is 1.14. The number of ether oxygens (including phenoxy) is 2. The molecule has 0 aliphatic heterocycles. The van der Waals surface area contributed by atoms with Crippen LogP contribution in [0.25, 0.3) is 10.9 Å². The monoisotopic (exact) mass is 306 g/mol. The van der Waals surface area contributed by atoms with Crippen LogP contribution in [0, 0.1) is 0 Å². The summed E-state index contributed by atoms with van der Waals surface area (Å²) < 4.78 is 12.6. The number of hydrogen-bond acceptors (Lipinski definition) is 7. The van der Waals surface area contributed by atoms with Crippen molar-refractivity contribution in [2.75, 3.05) is 13.7 Å². The lowest BCUT2D eigenvalue weighted by Crippen LogP contribution is -2.09. The number of benzene rings is 1. The molecule has 0 N–H and O–H groups in total. The Labute approximate surface area is 124 Å². The van der Waals surface area contributed by atoms with E-state index < -0.39 is 0 Å². The zero-order chi connectivity index (χ0) is 14.7. The second kappa shape index (κ2) is 5.88. The average Bonchev–Trinajstić information content (AvgIpc) is 3.00. The van der Waals surface area contributed by atoms with Gasteiger partial charge in [-0.3, -0.25) is 0 Å². The van der Waals surface area contributed by atoms with E-state index in [9.17, 15) is 0 Å². The third-order valence-corrected chi connectivity index (χ3v) is 3.14. The lowest BCUT2D eigenvalue weighted by atomic mass is 10.2. The van der Waals surface area contributed by atoms with E-state index in [1.807, 2.05) is 0 Å². The first-order valence-electron chi connectivity index (χ1n) is 6.10. The number of hydrogen-bond donors (Lipinski definition) is 0. The number of aromatic nitrogens is 6. The van der Waals surface area contributed by atoms with Gasteiger partial charge in [0.25, 0.3) is 0 Å². The highest BCUT2D eigenvalue weighted by atomic mass is 35.5. The topological polar surface area (TPSA) is 87.8 Å². The molecule has 2 heterocycles. The number of nitrogens with zero attached hydrogens (tertiary/aromatic N) is 6. The van der Waals surface area contributed by atoms with E-state index >= 15 is 0 Å². The summed E-state index contributed by atoms with van der Waals surface area (Å²) in [7, 11) is 1.56. The van der Waals surface area contributed by atoms with Gasteiger partial charge in [0, 0.05) is 11.5 Å². The van der Waals surface area contributed by atoms with E-state index in [1.54, 1.807) is 23.9 Å². The highest BCUT2D eigenvalue weighted by Gasteiger charge is 2.10. The van der Waals surface area contributed by atoms with Gasteiger partial charge in [-0.2, -0.15) is 0 Å². The number of fused-ring (bicyclic) bond motifs is 1. The van der Waals surface area contributed by atoms with Crippen LogP contribution in [0.15, 0.2) is 24.8 Å². The fourth-order valence-corrected chi connectivity index (χ4v) is 2.03. The van der Waals surface area contributed by atoms with Gasteiger partial charge < -0.3 is 9.47 Å². The molecule has 3 rings (SSSR count). The molecule has 0 unspecified atom stereocenters. The highest BCUT2D eigenvalue weighted by Crippen LogP contribution is 2.33. The Morgan fingerprint density at radius 2 is 2.14 bits per heavy atom. The molecule has 108 valence electrons. The van der Waals surface area contributed by atoms with Crippen LogP contribution in [0.4, 0.5) is 0 Å². The van der Waals surface area contributed by atoms with Crippen LogP contribution >= 0.6 is 11.6 Å². The fourth-order valence-electron chi connectivity index (χ4n) is 1.84. The molecule has 0 radical (unpaired) electrons. The number of tetrazole rings is 1. The smallest absolute Gasteiger partial charge is 0.163 e. The molecular weight excluding hydrogens is 296 g/mol. The Balaban J connectivity index is 1.83. The van der Waals surface area contributed by atoms with Crippen LogP contribution in [0.3, 0.4) is 0 Å². The molecule has 0 spiro atoms. The standard InChI is InChI=1S/C12H11ClN6O2/c1-20-10-4-8-9(14-6-15-12(8)13)5-11(10)21-3-2-19-7-16-17-18-19/h4-7H,2-3H2,1H3. The van der Waals surface area contributed by atoms with Crippen molar-refractivity contribution < 1.29 is 9.47 Å². The molecule has 0 saturated heterocycles. The van der Waals surface area contributed by atoms with Crippen LogP contribution in [0.5, 0.6) is 11.5 Å². The van der Waals surface area contributed by atoms with E-state index in [-0.39, 0.29) is 0 Å². The minimum absolute atomic E-state index is 0.374. The van der Waals surface area contributed by atoms with E-state index in [1.165, 1.54) is 12.7 Å². The summed E-state index contributed by atoms with van der Waals surface area (Å²) in [5, 5.41) is 11.9. The van der Waals surface area contributed by atoms with Crippen molar-refractivity contribution in [1.29, 1.82) is 0 Å². The number of halogens is 1. The van der Waals surface area contributed by atoms with Crippen molar-refractivity contribution in [3.63, 3.8) is 0 Å². The lowest BCUT2D eigenvalue weighted by Gasteiger charge is -2.11. The molecule has 0 bridgehead atoms. The van der Waals surface area contributed by atoms with Gasteiger partial charge >= 0.3 is 0 Å². The Bertz CT molecular complexity index is 749. The quantitative estimate of drug-likeness (QED) is 0.657. The molecule has 0 fully saturated rings. The highest BCUT2D eigenvalue weighted by molar-refractivity contribution is 6.34. The molecule has 8 nitrogen and oxygen atoms in total. The van der Waals surface area contributed by atoms with Crippen LogP contribution in [0.2, 0.25) is 5.15 Å². The van der Waals surface area contributed by atoms with Gasteiger partial charge in [-0.1, -0.05) is 11.6 Å². The van der Waals surface area contributed by atoms with Crippen molar-refractivity contribution in [3.05, 3.63) is 29.9 Å². The molecule has 0 amide bonds. The predicted molar refractivity (Wildman–Crippen MR) is 74.4 cm³/mol. The fraction of sp³-hybridized carbons (Fsp3) is 0.250. The maximum Gasteiger partial charge on any atom is 0.163 e. The van der Waals surface area contributed by atoms with E-state index in [4.69, 9.17) is 21.1 Å². The molecule has 9 heteroatoms. The second-order valence-corrected chi connectivity index (χ2v) is 4.46. The maximum absolute atomic E-state index is 6.04. The summed E-state index contributed by atoms with van der Waals surface area (Å²) in [6.45, 7) is 0.921. The van der Waals surface area contributed by atoms with Gasteiger partial charge in [-0.05, 0) is 16.5 Å². The third-order valence-electron chi connectivity index (χ3n) is 2.84. The summed E-state index contributed by atoms with van der Waals surface area (Å²) in [6, 6.07) is 3.52. The molecule has 1 aromatic carbocycles.